The Balaban J connectivity index is 0.00000208. The first kappa shape index (κ1) is 19.4. The normalized spacial score (nSPS) is 23.2. The van der Waals surface area contributed by atoms with Crippen molar-refractivity contribution < 1.29 is 9.53 Å². The zero-order valence-corrected chi connectivity index (χ0v) is 15.7. The summed E-state index contributed by atoms with van der Waals surface area (Å²) in [4.78, 5) is 14.6. The van der Waals surface area contributed by atoms with Crippen LogP contribution in [0.2, 0.25) is 5.02 Å². The maximum atomic E-state index is 12.5. The molecule has 24 heavy (non-hydrogen) atoms. The SMILES string of the molecule is COc1ccc(CCC(=O)N2CC[C@@H]3CNC[C@@H]3CC2)cc1Cl.Cl. The van der Waals surface area contributed by atoms with Gasteiger partial charge in [-0.3, -0.25) is 4.79 Å². The van der Waals surface area contributed by atoms with Crippen LogP contribution in [0.25, 0.3) is 0 Å². The average Bonchev–Trinajstić information content (AvgIpc) is 2.91. The molecule has 1 amide bonds. The number of nitrogens with zero attached hydrogens (tertiary/aromatic N) is 1. The monoisotopic (exact) mass is 372 g/mol. The molecule has 2 atom stereocenters. The summed E-state index contributed by atoms with van der Waals surface area (Å²) >= 11 is 6.14. The first-order chi connectivity index (χ1) is 11.2. The Bertz CT molecular complexity index is 554. The minimum atomic E-state index is 0. The predicted molar refractivity (Wildman–Crippen MR) is 99.2 cm³/mol. The van der Waals surface area contributed by atoms with Gasteiger partial charge in [0.2, 0.25) is 5.91 Å². The number of fused-ring (bicyclic) bond motifs is 1. The van der Waals surface area contributed by atoms with Crippen molar-refractivity contribution in [1.29, 1.82) is 0 Å². The molecule has 1 N–H and O–H groups in total. The zero-order valence-electron chi connectivity index (χ0n) is 14.1. The number of benzene rings is 1. The highest BCUT2D eigenvalue weighted by Crippen LogP contribution is 2.28. The van der Waals surface area contributed by atoms with E-state index >= 15 is 0 Å². The highest BCUT2D eigenvalue weighted by Gasteiger charge is 2.31. The second-order valence-corrected chi connectivity index (χ2v) is 7.01. The van der Waals surface area contributed by atoms with Crippen LogP contribution in [0.4, 0.5) is 0 Å². The topological polar surface area (TPSA) is 41.6 Å². The molecule has 0 spiro atoms. The molecule has 2 aliphatic heterocycles. The third-order valence-electron chi connectivity index (χ3n) is 5.22. The third kappa shape index (κ3) is 4.56. The van der Waals surface area contributed by atoms with Gasteiger partial charge in [0.15, 0.2) is 0 Å². The van der Waals surface area contributed by atoms with E-state index in [1.54, 1.807) is 7.11 Å². The van der Waals surface area contributed by atoms with Crippen LogP contribution in [0.5, 0.6) is 5.75 Å². The average molecular weight is 373 g/mol. The molecule has 134 valence electrons. The molecule has 2 saturated heterocycles. The Labute approximate surface area is 155 Å². The number of nitrogens with one attached hydrogen (secondary N) is 1. The number of ether oxygens (including phenoxy) is 1. The molecule has 0 bridgehead atoms. The van der Waals surface area contributed by atoms with Crippen LogP contribution in [0.1, 0.15) is 24.8 Å². The number of hydrogen-bond acceptors (Lipinski definition) is 3. The fourth-order valence-corrected chi connectivity index (χ4v) is 4.02. The molecule has 4 nitrogen and oxygen atoms in total. The molecule has 0 aliphatic carbocycles. The lowest BCUT2D eigenvalue weighted by molar-refractivity contribution is -0.131. The van der Waals surface area contributed by atoms with Crippen LogP contribution in [0.3, 0.4) is 0 Å². The van der Waals surface area contributed by atoms with Crippen LogP contribution in [0, 0.1) is 11.8 Å². The molecule has 1 aromatic carbocycles. The minimum Gasteiger partial charge on any atom is -0.495 e. The molecular weight excluding hydrogens is 347 g/mol. The fraction of sp³-hybridized carbons (Fsp3) is 0.611. The minimum absolute atomic E-state index is 0. The van der Waals surface area contributed by atoms with Gasteiger partial charge >= 0.3 is 0 Å². The first-order valence-corrected chi connectivity index (χ1v) is 8.86. The van der Waals surface area contributed by atoms with Crippen LogP contribution in [0.15, 0.2) is 18.2 Å². The summed E-state index contributed by atoms with van der Waals surface area (Å²) in [6.07, 6.45) is 3.55. The first-order valence-electron chi connectivity index (χ1n) is 8.48. The maximum absolute atomic E-state index is 12.5. The highest BCUT2D eigenvalue weighted by atomic mass is 35.5. The second-order valence-electron chi connectivity index (χ2n) is 6.61. The molecule has 2 aliphatic rings. The molecule has 0 unspecified atom stereocenters. The lowest BCUT2D eigenvalue weighted by atomic mass is 9.92. The Morgan fingerprint density at radius 1 is 1.29 bits per heavy atom. The van der Waals surface area contributed by atoms with E-state index in [9.17, 15) is 4.79 Å². The van der Waals surface area contributed by atoms with Crippen molar-refractivity contribution in [3.05, 3.63) is 28.8 Å². The van der Waals surface area contributed by atoms with Crippen LogP contribution in [-0.4, -0.2) is 44.1 Å². The van der Waals surface area contributed by atoms with E-state index in [0.29, 0.717) is 17.2 Å². The van der Waals surface area contributed by atoms with Gasteiger partial charge in [0.1, 0.15) is 5.75 Å². The van der Waals surface area contributed by atoms with Crippen molar-refractivity contribution in [2.75, 3.05) is 33.3 Å². The number of methoxy groups -OCH3 is 1. The van der Waals surface area contributed by atoms with Crippen molar-refractivity contribution in [3.63, 3.8) is 0 Å². The standard InChI is InChI=1S/C18H25ClN2O2.ClH/c1-23-17-4-2-13(10-16(17)19)3-5-18(22)21-8-6-14-11-20-12-15(14)7-9-21;/h2,4,10,14-15,20H,3,5-9,11-12H2,1H3;1H/t14-,15+;. The van der Waals surface area contributed by atoms with Crippen LogP contribution < -0.4 is 10.1 Å². The molecule has 1 aromatic rings. The number of hydrogen-bond donors (Lipinski definition) is 1. The van der Waals surface area contributed by atoms with Gasteiger partial charge in [0.05, 0.1) is 12.1 Å². The lowest BCUT2D eigenvalue weighted by Gasteiger charge is -2.21. The summed E-state index contributed by atoms with van der Waals surface area (Å²) in [5.41, 5.74) is 1.08. The summed E-state index contributed by atoms with van der Waals surface area (Å²) in [6, 6.07) is 5.74. The van der Waals surface area contributed by atoms with Crippen molar-refractivity contribution >= 4 is 29.9 Å². The number of rotatable bonds is 4. The van der Waals surface area contributed by atoms with Crippen molar-refractivity contribution in [3.8, 4) is 5.75 Å². The van der Waals surface area contributed by atoms with E-state index in [1.807, 2.05) is 18.2 Å². The number of likely N-dealkylation sites (tertiary alicyclic amines) is 1. The molecule has 0 saturated carbocycles. The Hall–Kier alpha value is -0.970. The molecule has 0 radical (unpaired) electrons. The Morgan fingerprint density at radius 3 is 2.54 bits per heavy atom. The molecule has 2 fully saturated rings. The van der Waals surface area contributed by atoms with Crippen molar-refractivity contribution in [2.45, 2.75) is 25.7 Å². The maximum Gasteiger partial charge on any atom is 0.222 e. The Morgan fingerprint density at radius 2 is 1.96 bits per heavy atom. The molecule has 6 heteroatoms. The molecule has 3 rings (SSSR count). The number of halogens is 2. The molecular formula is C18H26Cl2N2O2. The quantitative estimate of drug-likeness (QED) is 0.882. The lowest BCUT2D eigenvalue weighted by Crippen LogP contribution is -2.32. The van der Waals surface area contributed by atoms with Gasteiger partial charge in [0, 0.05) is 19.5 Å². The summed E-state index contributed by atoms with van der Waals surface area (Å²) in [5.74, 6) is 2.46. The van der Waals surface area contributed by atoms with Gasteiger partial charge in [-0.15, -0.1) is 12.4 Å². The molecule has 2 heterocycles. The summed E-state index contributed by atoms with van der Waals surface area (Å²) in [6.45, 7) is 4.06. The highest BCUT2D eigenvalue weighted by molar-refractivity contribution is 6.32. The summed E-state index contributed by atoms with van der Waals surface area (Å²) in [5, 5.41) is 4.08. The smallest absolute Gasteiger partial charge is 0.222 e. The van der Waals surface area contributed by atoms with Gasteiger partial charge < -0.3 is 15.0 Å². The summed E-state index contributed by atoms with van der Waals surface area (Å²) in [7, 11) is 1.61. The van der Waals surface area contributed by atoms with E-state index in [2.05, 4.69) is 10.2 Å². The van der Waals surface area contributed by atoms with E-state index in [4.69, 9.17) is 16.3 Å². The third-order valence-corrected chi connectivity index (χ3v) is 5.51. The van der Waals surface area contributed by atoms with Crippen molar-refractivity contribution in [2.24, 2.45) is 11.8 Å². The number of amides is 1. The van der Waals surface area contributed by atoms with Gasteiger partial charge in [0.25, 0.3) is 0 Å². The second kappa shape index (κ2) is 8.93. The van der Waals surface area contributed by atoms with Gasteiger partial charge in [-0.05, 0) is 61.9 Å². The largest absolute Gasteiger partial charge is 0.495 e. The van der Waals surface area contributed by atoms with E-state index < -0.39 is 0 Å². The van der Waals surface area contributed by atoms with Crippen LogP contribution in [-0.2, 0) is 11.2 Å². The summed E-state index contributed by atoms with van der Waals surface area (Å²) < 4.78 is 5.16. The number of carbonyl (C=O) groups is 1. The Kier molecular flexibility index (Phi) is 7.20. The number of carbonyl (C=O) groups excluding carboxylic acids is 1. The zero-order chi connectivity index (χ0) is 16.2. The number of aryl methyl sites for hydroxylation is 1. The van der Waals surface area contributed by atoms with Gasteiger partial charge in [-0.1, -0.05) is 17.7 Å². The van der Waals surface area contributed by atoms with Gasteiger partial charge in [-0.2, -0.15) is 0 Å². The fourth-order valence-electron chi connectivity index (χ4n) is 3.74. The van der Waals surface area contributed by atoms with E-state index in [1.165, 1.54) is 0 Å². The van der Waals surface area contributed by atoms with Crippen LogP contribution >= 0.6 is 24.0 Å². The van der Waals surface area contributed by atoms with E-state index in [0.717, 1.165) is 62.8 Å². The van der Waals surface area contributed by atoms with Crippen molar-refractivity contribution in [1.82, 2.24) is 10.2 Å². The van der Waals surface area contributed by atoms with E-state index in [-0.39, 0.29) is 18.3 Å². The molecule has 0 aromatic heterocycles. The predicted octanol–water partition coefficient (Wildman–Crippen LogP) is 3.16. The van der Waals surface area contributed by atoms with Gasteiger partial charge in [-0.25, -0.2) is 0 Å².